The number of fused-ring (bicyclic) bond motifs is 2. The molecule has 0 spiro atoms. The number of amides is 1. The van der Waals surface area contributed by atoms with E-state index in [0.717, 1.165) is 23.9 Å². The van der Waals surface area contributed by atoms with Crippen LogP contribution >= 0.6 is 0 Å². The van der Waals surface area contributed by atoms with Crippen LogP contribution in [0, 0.1) is 11.3 Å². The first-order chi connectivity index (χ1) is 12.7. The van der Waals surface area contributed by atoms with Crippen LogP contribution < -0.4 is 5.32 Å². The molecule has 0 aliphatic rings. The molecule has 0 saturated carbocycles. The minimum Gasteiger partial charge on any atom is -0.346 e. The number of imidazole rings is 1. The molecule has 0 atom stereocenters. The van der Waals surface area contributed by atoms with E-state index in [1.807, 2.05) is 24.4 Å². The Morgan fingerprint density at radius 3 is 3.00 bits per heavy atom. The number of nitrogens with zero attached hydrogens (tertiary/aromatic N) is 5. The summed E-state index contributed by atoms with van der Waals surface area (Å²) in [6.45, 7) is 2.94. The number of carbonyl (C=O) groups excluding carboxylic acids is 1. The van der Waals surface area contributed by atoms with Crippen LogP contribution in [0.15, 0.2) is 49.2 Å². The number of aryl methyl sites for hydroxylation is 1. The predicted octanol–water partition coefficient (Wildman–Crippen LogP) is 3.22. The van der Waals surface area contributed by atoms with Crippen molar-refractivity contribution in [1.82, 2.24) is 18.9 Å². The fourth-order valence-corrected chi connectivity index (χ4v) is 3.04. The molecule has 4 aromatic rings. The van der Waals surface area contributed by atoms with Gasteiger partial charge >= 0.3 is 0 Å². The summed E-state index contributed by atoms with van der Waals surface area (Å²) < 4.78 is 3.80. The lowest BCUT2D eigenvalue weighted by atomic mass is 10.1. The highest BCUT2D eigenvalue weighted by Gasteiger charge is 2.13. The van der Waals surface area contributed by atoms with E-state index in [4.69, 9.17) is 0 Å². The van der Waals surface area contributed by atoms with Gasteiger partial charge in [-0.05, 0) is 24.6 Å². The SMILES string of the molecule is CCCn1cc(C#N)c2cc(NC(=O)c3cn4ccncc4n3)ccc21. The topological polar surface area (TPSA) is 88.0 Å². The van der Waals surface area contributed by atoms with Crippen LogP contribution in [0.2, 0.25) is 0 Å². The number of carbonyl (C=O) groups is 1. The summed E-state index contributed by atoms with van der Waals surface area (Å²) in [6.07, 6.45) is 9.46. The second-order valence-corrected chi connectivity index (χ2v) is 6.00. The first kappa shape index (κ1) is 15.8. The maximum atomic E-state index is 12.5. The third-order valence-electron chi connectivity index (χ3n) is 4.22. The fraction of sp³-hybridized carbons (Fsp3) is 0.158. The number of nitrogens with one attached hydrogen (secondary N) is 1. The van der Waals surface area contributed by atoms with Crippen molar-refractivity contribution in [3.05, 3.63) is 60.4 Å². The molecule has 1 amide bonds. The maximum Gasteiger partial charge on any atom is 0.275 e. The smallest absolute Gasteiger partial charge is 0.275 e. The van der Waals surface area contributed by atoms with Crippen molar-refractivity contribution in [2.24, 2.45) is 0 Å². The van der Waals surface area contributed by atoms with E-state index < -0.39 is 0 Å². The number of benzene rings is 1. The van der Waals surface area contributed by atoms with Crippen molar-refractivity contribution in [2.45, 2.75) is 19.9 Å². The zero-order valence-electron chi connectivity index (χ0n) is 14.2. The average Bonchev–Trinajstić information content (AvgIpc) is 3.23. The second-order valence-electron chi connectivity index (χ2n) is 6.00. The van der Waals surface area contributed by atoms with Gasteiger partial charge in [-0.15, -0.1) is 0 Å². The Balaban J connectivity index is 1.66. The number of hydrogen-bond acceptors (Lipinski definition) is 4. The summed E-state index contributed by atoms with van der Waals surface area (Å²) in [6, 6.07) is 7.82. The van der Waals surface area contributed by atoms with Gasteiger partial charge in [0.05, 0.1) is 11.8 Å². The Bertz CT molecular complexity index is 1130. The van der Waals surface area contributed by atoms with Crippen LogP contribution in [-0.4, -0.2) is 24.8 Å². The van der Waals surface area contributed by atoms with Crippen molar-refractivity contribution < 1.29 is 4.79 Å². The van der Waals surface area contributed by atoms with Crippen molar-refractivity contribution in [3.63, 3.8) is 0 Å². The molecule has 3 heterocycles. The minimum absolute atomic E-state index is 0.306. The molecule has 0 unspecified atom stereocenters. The van der Waals surface area contributed by atoms with Gasteiger partial charge in [0.1, 0.15) is 11.8 Å². The molecule has 0 fully saturated rings. The highest BCUT2D eigenvalue weighted by Crippen LogP contribution is 2.25. The normalized spacial score (nSPS) is 10.9. The van der Waals surface area contributed by atoms with Gasteiger partial charge in [-0.2, -0.15) is 5.26 Å². The molecule has 26 heavy (non-hydrogen) atoms. The summed E-state index contributed by atoms with van der Waals surface area (Å²) in [5.41, 5.74) is 3.13. The Labute approximate surface area is 149 Å². The zero-order valence-corrected chi connectivity index (χ0v) is 14.2. The Morgan fingerprint density at radius 2 is 2.23 bits per heavy atom. The number of nitriles is 1. The summed E-state index contributed by atoms with van der Waals surface area (Å²) in [4.78, 5) is 20.8. The molecule has 1 N–H and O–H groups in total. The van der Waals surface area contributed by atoms with Gasteiger partial charge in [0.15, 0.2) is 5.65 Å². The van der Waals surface area contributed by atoms with Crippen LogP contribution in [0.3, 0.4) is 0 Å². The standard InChI is InChI=1S/C19H16N6O/c1-2-6-24-11-13(9-20)15-8-14(3-4-17(15)24)22-19(26)16-12-25-7-5-21-10-18(25)23-16/h3-5,7-8,10-12H,2,6H2,1H3,(H,22,26). The van der Waals surface area contributed by atoms with Crippen molar-refractivity contribution in [3.8, 4) is 6.07 Å². The lowest BCUT2D eigenvalue weighted by molar-refractivity contribution is 0.102. The van der Waals surface area contributed by atoms with Gasteiger partial charge in [0.2, 0.25) is 0 Å². The zero-order chi connectivity index (χ0) is 18.1. The molecule has 0 aliphatic heterocycles. The average molecular weight is 344 g/mol. The van der Waals surface area contributed by atoms with E-state index in [2.05, 4.69) is 32.8 Å². The van der Waals surface area contributed by atoms with E-state index in [9.17, 15) is 10.1 Å². The molecule has 7 nitrogen and oxygen atoms in total. The summed E-state index contributed by atoms with van der Waals surface area (Å²) in [5.74, 6) is -0.306. The molecule has 0 saturated heterocycles. The minimum atomic E-state index is -0.306. The van der Waals surface area contributed by atoms with Gasteiger partial charge in [-0.1, -0.05) is 6.92 Å². The summed E-state index contributed by atoms with van der Waals surface area (Å²) in [5, 5.41) is 13.1. The first-order valence-electron chi connectivity index (χ1n) is 8.32. The largest absolute Gasteiger partial charge is 0.346 e. The van der Waals surface area contributed by atoms with E-state index in [1.54, 1.807) is 29.2 Å². The van der Waals surface area contributed by atoms with Crippen molar-refractivity contribution in [2.75, 3.05) is 5.32 Å². The van der Waals surface area contributed by atoms with Crippen LogP contribution in [0.5, 0.6) is 0 Å². The van der Waals surface area contributed by atoms with Crippen LogP contribution in [-0.2, 0) is 6.54 Å². The molecule has 4 rings (SSSR count). The highest BCUT2D eigenvalue weighted by molar-refractivity contribution is 6.04. The Kier molecular flexibility index (Phi) is 3.86. The number of rotatable bonds is 4. The van der Waals surface area contributed by atoms with Crippen molar-refractivity contribution >= 4 is 28.1 Å². The van der Waals surface area contributed by atoms with E-state index >= 15 is 0 Å². The molecule has 0 aliphatic carbocycles. The molecule has 128 valence electrons. The number of hydrogen-bond donors (Lipinski definition) is 1. The first-order valence-corrected chi connectivity index (χ1v) is 8.32. The molecule has 0 bridgehead atoms. The predicted molar refractivity (Wildman–Crippen MR) is 97.9 cm³/mol. The second kappa shape index (κ2) is 6.33. The lowest BCUT2D eigenvalue weighted by Crippen LogP contribution is -2.12. The number of aromatic nitrogens is 4. The van der Waals surface area contributed by atoms with Crippen LogP contribution in [0.4, 0.5) is 5.69 Å². The quantitative estimate of drug-likeness (QED) is 0.616. The molecule has 0 radical (unpaired) electrons. The van der Waals surface area contributed by atoms with Crippen LogP contribution in [0.1, 0.15) is 29.4 Å². The number of anilines is 1. The molecule has 3 aromatic heterocycles. The summed E-state index contributed by atoms with van der Waals surface area (Å²) >= 11 is 0. The van der Waals surface area contributed by atoms with Crippen molar-refractivity contribution in [1.29, 1.82) is 5.26 Å². The van der Waals surface area contributed by atoms with Gasteiger partial charge in [0, 0.05) is 47.9 Å². The molecular weight excluding hydrogens is 328 g/mol. The molecular formula is C19H16N6O. The third kappa shape index (κ3) is 2.67. The highest BCUT2D eigenvalue weighted by atomic mass is 16.1. The molecule has 7 heteroatoms. The van der Waals surface area contributed by atoms with E-state index in [1.165, 1.54) is 0 Å². The maximum absolute atomic E-state index is 12.5. The van der Waals surface area contributed by atoms with Gasteiger partial charge in [0.25, 0.3) is 5.91 Å². The van der Waals surface area contributed by atoms with Gasteiger partial charge in [-0.25, -0.2) is 4.98 Å². The molecule has 1 aromatic carbocycles. The fourth-order valence-electron chi connectivity index (χ4n) is 3.04. The third-order valence-corrected chi connectivity index (χ3v) is 4.22. The summed E-state index contributed by atoms with van der Waals surface area (Å²) in [7, 11) is 0. The van der Waals surface area contributed by atoms with Gasteiger partial charge < -0.3 is 14.3 Å². The van der Waals surface area contributed by atoms with E-state index in [-0.39, 0.29) is 5.91 Å². The Hall–Kier alpha value is -3.66. The lowest BCUT2D eigenvalue weighted by Gasteiger charge is -2.06. The van der Waals surface area contributed by atoms with E-state index in [0.29, 0.717) is 22.6 Å². The monoisotopic (exact) mass is 344 g/mol. The van der Waals surface area contributed by atoms with Crippen LogP contribution in [0.25, 0.3) is 16.6 Å². The Morgan fingerprint density at radius 1 is 1.35 bits per heavy atom. The van der Waals surface area contributed by atoms with Gasteiger partial charge in [-0.3, -0.25) is 9.78 Å².